The van der Waals surface area contributed by atoms with Crippen LogP contribution in [0.25, 0.3) is 0 Å². The highest BCUT2D eigenvalue weighted by molar-refractivity contribution is 14.1. The lowest BCUT2D eigenvalue weighted by Gasteiger charge is -2.44. The number of halogens is 4. The first-order valence-electron chi connectivity index (χ1n) is 7.74. The number of carbonyl (C=O) groups is 1. The molecule has 2 N–H and O–H groups in total. The summed E-state index contributed by atoms with van der Waals surface area (Å²) < 4.78 is 47.7. The molecule has 1 aliphatic rings. The number of rotatable bonds is 5. The van der Waals surface area contributed by atoms with E-state index in [9.17, 15) is 23.1 Å². The first kappa shape index (κ1) is 19.5. The van der Waals surface area contributed by atoms with Gasteiger partial charge in [0.25, 0.3) is 5.91 Å². The van der Waals surface area contributed by atoms with Crippen LogP contribution in [-0.2, 0) is 4.74 Å². The number of ether oxygens (including phenoxy) is 1. The summed E-state index contributed by atoms with van der Waals surface area (Å²) in [6, 6.07) is 6.05. The second-order valence-corrected chi connectivity index (χ2v) is 7.17. The Morgan fingerprint density at radius 1 is 1.26 bits per heavy atom. The lowest BCUT2D eigenvalue weighted by molar-refractivity contribution is -0.233. The van der Waals surface area contributed by atoms with Crippen LogP contribution in [0.1, 0.15) is 10.4 Å². The summed E-state index contributed by atoms with van der Waals surface area (Å²) in [5, 5.41) is 12.4. The van der Waals surface area contributed by atoms with E-state index in [1.807, 2.05) is 22.6 Å². The van der Waals surface area contributed by atoms with Gasteiger partial charge in [-0.1, -0.05) is 6.58 Å². The number of carbonyl (C=O) groups excluding carboxylic acids is 1. The predicted octanol–water partition coefficient (Wildman–Crippen LogP) is 3.76. The summed E-state index contributed by atoms with van der Waals surface area (Å²) in [7, 11) is 0. The number of hydrogen-bond donors (Lipinski definition) is 2. The van der Waals surface area contributed by atoms with Crippen LogP contribution in [0.2, 0.25) is 0 Å². The molecule has 9 heteroatoms. The highest BCUT2D eigenvalue weighted by Crippen LogP contribution is 2.32. The normalized spacial score (nSPS) is 15.1. The van der Waals surface area contributed by atoms with Gasteiger partial charge in [0.05, 0.1) is 36.3 Å². The molecule has 1 heterocycles. The van der Waals surface area contributed by atoms with Crippen molar-refractivity contribution in [2.24, 2.45) is 0 Å². The number of anilines is 2. The lowest BCUT2D eigenvalue weighted by Crippen LogP contribution is -2.64. The molecule has 0 aliphatic carbocycles. The van der Waals surface area contributed by atoms with Gasteiger partial charge >= 0.3 is 0 Å². The van der Waals surface area contributed by atoms with E-state index >= 15 is 0 Å². The average Bonchev–Trinajstić information content (AvgIpc) is 2.58. The molecule has 1 fully saturated rings. The van der Waals surface area contributed by atoms with E-state index in [0.717, 1.165) is 18.4 Å². The molecule has 1 amide bonds. The summed E-state index contributed by atoms with van der Waals surface area (Å²) in [5.41, 5.74) is -0.795. The van der Waals surface area contributed by atoms with E-state index in [-0.39, 0.29) is 24.3 Å². The van der Waals surface area contributed by atoms with Gasteiger partial charge in [-0.25, -0.2) is 13.2 Å². The van der Waals surface area contributed by atoms with Gasteiger partial charge in [-0.05, 0) is 52.9 Å². The SMILES string of the molecule is C=COC1(O)CN(C(=O)c2ccc(F)c(F)c2Nc2ccc(I)cc2F)C1. The Bertz CT molecular complexity index is 917. The minimum absolute atomic E-state index is 0.107. The van der Waals surface area contributed by atoms with E-state index in [2.05, 4.69) is 11.9 Å². The number of amides is 1. The highest BCUT2D eigenvalue weighted by atomic mass is 127. The van der Waals surface area contributed by atoms with Crippen molar-refractivity contribution in [1.29, 1.82) is 0 Å². The molecule has 142 valence electrons. The van der Waals surface area contributed by atoms with Crippen molar-refractivity contribution < 1.29 is 27.8 Å². The fourth-order valence-corrected chi connectivity index (χ4v) is 3.12. The standard InChI is InChI=1S/C18H14F3IN2O3/c1-2-27-18(26)8-24(9-18)17(25)11-4-5-12(19)15(21)16(11)23-14-6-3-10(22)7-13(14)20/h2-7,23,26H,1,8-9H2. The van der Waals surface area contributed by atoms with E-state index < -0.39 is 34.8 Å². The summed E-state index contributed by atoms with van der Waals surface area (Å²) in [6.45, 7) is 2.98. The van der Waals surface area contributed by atoms with Gasteiger partial charge in [0.1, 0.15) is 5.82 Å². The zero-order valence-electron chi connectivity index (χ0n) is 13.8. The predicted molar refractivity (Wildman–Crippen MR) is 101 cm³/mol. The van der Waals surface area contributed by atoms with Crippen LogP contribution in [-0.4, -0.2) is 34.8 Å². The Morgan fingerprint density at radius 2 is 1.96 bits per heavy atom. The number of hydrogen-bond acceptors (Lipinski definition) is 4. The number of aliphatic hydroxyl groups is 1. The van der Waals surface area contributed by atoms with Crippen LogP contribution in [0, 0.1) is 21.0 Å². The van der Waals surface area contributed by atoms with Crippen LogP contribution in [0.3, 0.4) is 0 Å². The Labute approximate surface area is 166 Å². The summed E-state index contributed by atoms with van der Waals surface area (Å²) in [4.78, 5) is 13.8. The van der Waals surface area contributed by atoms with Crippen molar-refractivity contribution in [3.63, 3.8) is 0 Å². The van der Waals surface area contributed by atoms with Crippen molar-refractivity contribution in [3.8, 4) is 0 Å². The maximum absolute atomic E-state index is 14.4. The third kappa shape index (κ3) is 3.88. The van der Waals surface area contributed by atoms with E-state index in [4.69, 9.17) is 4.74 Å². The van der Waals surface area contributed by atoms with Gasteiger partial charge in [-0.2, -0.15) is 0 Å². The fraction of sp³-hybridized carbons (Fsp3) is 0.167. The molecule has 0 atom stereocenters. The summed E-state index contributed by atoms with van der Waals surface area (Å²) >= 11 is 1.91. The highest BCUT2D eigenvalue weighted by Gasteiger charge is 2.46. The molecule has 0 bridgehead atoms. The van der Waals surface area contributed by atoms with Gasteiger partial charge in [0.2, 0.25) is 5.79 Å². The third-order valence-corrected chi connectivity index (χ3v) is 4.65. The van der Waals surface area contributed by atoms with E-state index in [0.29, 0.717) is 3.57 Å². The average molecular weight is 490 g/mol. The van der Waals surface area contributed by atoms with Crippen molar-refractivity contribution >= 4 is 39.9 Å². The van der Waals surface area contributed by atoms with Gasteiger partial charge in [-0.15, -0.1) is 0 Å². The molecule has 0 aromatic heterocycles. The van der Waals surface area contributed by atoms with Crippen LogP contribution in [0.15, 0.2) is 43.2 Å². The second-order valence-electron chi connectivity index (χ2n) is 5.93. The summed E-state index contributed by atoms with van der Waals surface area (Å²) in [5.74, 6) is -5.40. The molecule has 0 saturated carbocycles. The maximum atomic E-state index is 14.4. The largest absolute Gasteiger partial charge is 0.467 e. The first-order valence-corrected chi connectivity index (χ1v) is 8.82. The van der Waals surface area contributed by atoms with E-state index in [1.165, 1.54) is 17.0 Å². The molecule has 0 radical (unpaired) electrons. The first-order chi connectivity index (χ1) is 12.7. The lowest BCUT2D eigenvalue weighted by atomic mass is 10.0. The quantitative estimate of drug-likeness (QED) is 0.381. The molecular weight excluding hydrogens is 476 g/mol. The van der Waals surface area contributed by atoms with Crippen LogP contribution >= 0.6 is 22.6 Å². The Balaban J connectivity index is 1.91. The topological polar surface area (TPSA) is 61.8 Å². The van der Waals surface area contributed by atoms with Crippen LogP contribution in [0.4, 0.5) is 24.5 Å². The maximum Gasteiger partial charge on any atom is 0.256 e. The van der Waals surface area contributed by atoms with Gasteiger partial charge in [0, 0.05) is 3.57 Å². The van der Waals surface area contributed by atoms with Crippen LogP contribution < -0.4 is 5.32 Å². The zero-order valence-corrected chi connectivity index (χ0v) is 16.0. The smallest absolute Gasteiger partial charge is 0.256 e. The molecule has 2 aromatic rings. The van der Waals surface area contributed by atoms with Gasteiger partial charge < -0.3 is 20.1 Å². The molecule has 1 aliphatic heterocycles. The molecule has 5 nitrogen and oxygen atoms in total. The van der Waals surface area contributed by atoms with E-state index in [1.54, 1.807) is 6.07 Å². The third-order valence-electron chi connectivity index (χ3n) is 3.98. The number of benzene rings is 2. The fourth-order valence-electron chi connectivity index (χ4n) is 2.67. The Morgan fingerprint density at radius 3 is 2.59 bits per heavy atom. The van der Waals surface area contributed by atoms with Crippen LogP contribution in [0.5, 0.6) is 0 Å². The Kier molecular flexibility index (Phi) is 5.33. The van der Waals surface area contributed by atoms with Gasteiger partial charge in [0.15, 0.2) is 11.6 Å². The molecule has 0 spiro atoms. The van der Waals surface area contributed by atoms with Crippen molar-refractivity contribution in [3.05, 3.63) is 69.8 Å². The minimum Gasteiger partial charge on any atom is -0.467 e. The number of β-amino-alcohol motifs (C(OH)–C–C–N with tert-alkyl or cyclic N) is 1. The number of likely N-dealkylation sites (tertiary alicyclic amines) is 1. The monoisotopic (exact) mass is 490 g/mol. The van der Waals surface area contributed by atoms with Crippen molar-refractivity contribution in [2.45, 2.75) is 5.79 Å². The summed E-state index contributed by atoms with van der Waals surface area (Å²) in [6.07, 6.45) is 1.05. The molecule has 3 rings (SSSR count). The second kappa shape index (κ2) is 7.39. The molecular formula is C18H14F3IN2O3. The molecule has 27 heavy (non-hydrogen) atoms. The minimum atomic E-state index is -1.56. The molecule has 0 unspecified atom stereocenters. The molecule has 1 saturated heterocycles. The van der Waals surface area contributed by atoms with Crippen molar-refractivity contribution in [2.75, 3.05) is 18.4 Å². The van der Waals surface area contributed by atoms with Crippen molar-refractivity contribution in [1.82, 2.24) is 4.90 Å². The van der Waals surface area contributed by atoms with Gasteiger partial charge in [-0.3, -0.25) is 4.79 Å². The number of nitrogens with zero attached hydrogens (tertiary/aromatic N) is 1. The zero-order chi connectivity index (χ0) is 19.8. The Hall–Kier alpha value is -2.27. The number of nitrogens with one attached hydrogen (secondary N) is 1. The molecule has 2 aromatic carbocycles.